The number of nitrogens with zero attached hydrogens (tertiary/aromatic N) is 2. The first-order chi connectivity index (χ1) is 12.4. The molecule has 0 radical (unpaired) electrons. The summed E-state index contributed by atoms with van der Waals surface area (Å²) >= 11 is 5.77. The third-order valence-electron chi connectivity index (χ3n) is 4.18. The average molecular weight is 376 g/mol. The van der Waals surface area contributed by atoms with E-state index >= 15 is 0 Å². The van der Waals surface area contributed by atoms with Crippen molar-refractivity contribution in [1.82, 2.24) is 10.2 Å². The normalized spacial score (nSPS) is 10.8. The smallest absolute Gasteiger partial charge is 0.283 e. The van der Waals surface area contributed by atoms with E-state index in [1.165, 1.54) is 23.8 Å². The molecule has 6 nitrogen and oxygen atoms in total. The van der Waals surface area contributed by atoms with Crippen molar-refractivity contribution in [3.63, 3.8) is 0 Å². The van der Waals surface area contributed by atoms with Gasteiger partial charge in [-0.2, -0.15) is 0 Å². The average Bonchev–Trinajstić information content (AvgIpc) is 2.65. The minimum absolute atomic E-state index is 0.00227. The Kier molecular flexibility index (Phi) is 7.12. The highest BCUT2D eigenvalue weighted by atomic mass is 35.5. The maximum absolute atomic E-state index is 12.3. The summed E-state index contributed by atoms with van der Waals surface area (Å²) in [7, 11) is 0. The summed E-state index contributed by atoms with van der Waals surface area (Å²) in [6, 6.07) is 12.0. The fourth-order valence-corrected chi connectivity index (χ4v) is 2.76. The topological polar surface area (TPSA) is 75.5 Å². The molecule has 0 spiro atoms. The number of halogens is 1. The zero-order valence-corrected chi connectivity index (χ0v) is 15.6. The number of nitro groups is 1. The summed E-state index contributed by atoms with van der Waals surface area (Å²) in [5, 5.41) is 14.0. The van der Waals surface area contributed by atoms with Crippen molar-refractivity contribution in [2.45, 2.75) is 26.9 Å². The monoisotopic (exact) mass is 375 g/mol. The predicted molar refractivity (Wildman–Crippen MR) is 102 cm³/mol. The van der Waals surface area contributed by atoms with Gasteiger partial charge in [0.1, 0.15) is 5.56 Å². The molecular weight excluding hydrogens is 354 g/mol. The van der Waals surface area contributed by atoms with Gasteiger partial charge in [0.15, 0.2) is 0 Å². The molecule has 2 aromatic rings. The first-order valence-corrected chi connectivity index (χ1v) is 8.84. The Hall–Kier alpha value is -2.44. The van der Waals surface area contributed by atoms with Gasteiger partial charge in [-0.1, -0.05) is 49.7 Å². The maximum Gasteiger partial charge on any atom is 0.283 e. The van der Waals surface area contributed by atoms with Gasteiger partial charge in [-0.05, 0) is 36.3 Å². The Labute approximate surface area is 157 Å². The van der Waals surface area contributed by atoms with Gasteiger partial charge in [0.25, 0.3) is 11.6 Å². The summed E-state index contributed by atoms with van der Waals surface area (Å²) in [5.41, 5.74) is 1.83. The molecule has 138 valence electrons. The Morgan fingerprint density at radius 2 is 1.73 bits per heavy atom. The largest absolute Gasteiger partial charge is 0.348 e. The molecule has 1 N–H and O–H groups in total. The van der Waals surface area contributed by atoms with E-state index in [1.54, 1.807) is 0 Å². The van der Waals surface area contributed by atoms with Crippen molar-refractivity contribution in [2.75, 3.05) is 13.1 Å². The molecule has 0 unspecified atom stereocenters. The van der Waals surface area contributed by atoms with Gasteiger partial charge in [-0.15, -0.1) is 0 Å². The molecule has 0 bridgehead atoms. The number of nitrogens with one attached hydrogen (secondary N) is 1. The predicted octanol–water partition coefficient (Wildman–Crippen LogP) is 4.02. The minimum Gasteiger partial charge on any atom is -0.348 e. The molecule has 0 aliphatic carbocycles. The lowest BCUT2D eigenvalue weighted by Gasteiger charge is -2.18. The van der Waals surface area contributed by atoms with Gasteiger partial charge in [0, 0.05) is 24.2 Å². The zero-order chi connectivity index (χ0) is 19.1. The summed E-state index contributed by atoms with van der Waals surface area (Å²) in [6.07, 6.45) is 0. The molecule has 7 heteroatoms. The molecule has 26 heavy (non-hydrogen) atoms. The third kappa shape index (κ3) is 5.28. The van der Waals surface area contributed by atoms with Gasteiger partial charge < -0.3 is 5.32 Å². The number of hydrogen-bond acceptors (Lipinski definition) is 4. The molecule has 0 heterocycles. The van der Waals surface area contributed by atoms with Crippen molar-refractivity contribution in [3.8, 4) is 0 Å². The van der Waals surface area contributed by atoms with Gasteiger partial charge in [0.2, 0.25) is 0 Å². The van der Waals surface area contributed by atoms with Crippen molar-refractivity contribution in [1.29, 1.82) is 0 Å². The highest BCUT2D eigenvalue weighted by Gasteiger charge is 2.20. The Balaban J connectivity index is 2.01. The van der Waals surface area contributed by atoms with Gasteiger partial charge in [-0.25, -0.2) is 0 Å². The summed E-state index contributed by atoms with van der Waals surface area (Å²) in [5.74, 6) is -0.499. The van der Waals surface area contributed by atoms with Gasteiger partial charge in [-0.3, -0.25) is 19.8 Å². The number of carbonyl (C=O) groups is 1. The van der Waals surface area contributed by atoms with Crippen LogP contribution in [0.5, 0.6) is 0 Å². The van der Waals surface area contributed by atoms with Crippen molar-refractivity contribution in [2.24, 2.45) is 0 Å². The second kappa shape index (κ2) is 9.31. The third-order valence-corrected chi connectivity index (χ3v) is 4.41. The van der Waals surface area contributed by atoms with Crippen molar-refractivity contribution < 1.29 is 9.72 Å². The molecule has 2 rings (SSSR count). The van der Waals surface area contributed by atoms with Gasteiger partial charge in [0.05, 0.1) is 4.92 Å². The molecule has 2 aromatic carbocycles. The van der Waals surface area contributed by atoms with Crippen LogP contribution in [0, 0.1) is 10.1 Å². The van der Waals surface area contributed by atoms with Crippen LogP contribution in [0.3, 0.4) is 0 Å². The lowest BCUT2D eigenvalue weighted by Crippen LogP contribution is -2.24. The summed E-state index contributed by atoms with van der Waals surface area (Å²) < 4.78 is 0. The fraction of sp³-hybridized carbons (Fsp3) is 0.316. The van der Waals surface area contributed by atoms with E-state index in [0.29, 0.717) is 6.54 Å². The van der Waals surface area contributed by atoms with Crippen molar-refractivity contribution >= 4 is 23.2 Å². The van der Waals surface area contributed by atoms with E-state index in [2.05, 4.69) is 24.1 Å². The van der Waals surface area contributed by atoms with Crippen LogP contribution < -0.4 is 5.32 Å². The van der Waals surface area contributed by atoms with E-state index in [4.69, 9.17) is 11.6 Å². The molecule has 0 aliphatic rings. The molecule has 0 saturated carbocycles. The molecule has 0 aromatic heterocycles. The molecular formula is C19H22ClN3O3. The number of rotatable bonds is 8. The summed E-state index contributed by atoms with van der Waals surface area (Å²) in [4.78, 5) is 25.1. The fourth-order valence-electron chi connectivity index (χ4n) is 2.59. The number of amides is 1. The van der Waals surface area contributed by atoms with E-state index in [1.807, 2.05) is 24.3 Å². The van der Waals surface area contributed by atoms with Crippen LogP contribution in [-0.2, 0) is 13.1 Å². The van der Waals surface area contributed by atoms with Crippen LogP contribution in [0.4, 0.5) is 5.69 Å². The van der Waals surface area contributed by atoms with Crippen LogP contribution in [0.15, 0.2) is 42.5 Å². The van der Waals surface area contributed by atoms with E-state index in [9.17, 15) is 14.9 Å². The lowest BCUT2D eigenvalue weighted by atomic mass is 10.1. The number of nitro benzene ring substituents is 1. The van der Waals surface area contributed by atoms with Crippen LogP contribution in [-0.4, -0.2) is 28.8 Å². The SMILES string of the molecule is CCN(CC)Cc1ccc(CNC(=O)c2ccc(Cl)cc2[N+](=O)[O-])cc1. The number of benzene rings is 2. The molecule has 0 aliphatic heterocycles. The molecule has 0 atom stereocenters. The van der Waals surface area contributed by atoms with Crippen LogP contribution in [0.2, 0.25) is 5.02 Å². The van der Waals surface area contributed by atoms with E-state index < -0.39 is 10.8 Å². The highest BCUT2D eigenvalue weighted by Crippen LogP contribution is 2.23. The van der Waals surface area contributed by atoms with Gasteiger partial charge >= 0.3 is 0 Å². The first kappa shape index (κ1) is 19.9. The standard InChI is InChI=1S/C19H22ClN3O3/c1-3-22(4-2)13-15-7-5-14(6-8-15)12-21-19(24)17-10-9-16(20)11-18(17)23(25)26/h5-11H,3-4,12-13H2,1-2H3,(H,21,24). The quantitative estimate of drug-likeness (QED) is 0.558. The first-order valence-electron chi connectivity index (χ1n) is 8.46. The molecule has 1 amide bonds. The van der Waals surface area contributed by atoms with E-state index in [-0.39, 0.29) is 16.3 Å². The van der Waals surface area contributed by atoms with Crippen molar-refractivity contribution in [3.05, 3.63) is 74.3 Å². The summed E-state index contributed by atoms with van der Waals surface area (Å²) in [6.45, 7) is 7.43. The maximum atomic E-state index is 12.3. The lowest BCUT2D eigenvalue weighted by molar-refractivity contribution is -0.385. The Bertz CT molecular complexity index is 774. The highest BCUT2D eigenvalue weighted by molar-refractivity contribution is 6.31. The van der Waals surface area contributed by atoms with Crippen LogP contribution >= 0.6 is 11.6 Å². The number of carbonyl (C=O) groups excluding carboxylic acids is 1. The second-order valence-electron chi connectivity index (χ2n) is 5.88. The Morgan fingerprint density at radius 1 is 1.12 bits per heavy atom. The molecule has 0 fully saturated rings. The van der Waals surface area contributed by atoms with E-state index in [0.717, 1.165) is 25.2 Å². The minimum atomic E-state index is -0.608. The second-order valence-corrected chi connectivity index (χ2v) is 6.32. The Morgan fingerprint density at radius 3 is 2.31 bits per heavy atom. The van der Waals surface area contributed by atoms with Crippen LogP contribution in [0.25, 0.3) is 0 Å². The molecule has 0 saturated heterocycles. The zero-order valence-electron chi connectivity index (χ0n) is 14.9. The van der Waals surface area contributed by atoms with Crippen LogP contribution in [0.1, 0.15) is 35.3 Å². The number of hydrogen-bond donors (Lipinski definition) is 1.